The number of pyridine rings is 1. The Morgan fingerprint density at radius 2 is 1.95 bits per heavy atom. The number of benzene rings is 1. The topological polar surface area (TPSA) is 22.1 Å². The van der Waals surface area contributed by atoms with E-state index in [-0.39, 0.29) is 5.41 Å². The maximum atomic E-state index is 6.00. The lowest BCUT2D eigenvalue weighted by Gasteiger charge is -2.23. The Morgan fingerprint density at radius 3 is 2.52 bits per heavy atom. The minimum atomic E-state index is -0.000580. The Labute approximate surface area is 139 Å². The summed E-state index contributed by atoms with van der Waals surface area (Å²) >= 11 is 9.35. The molecule has 4 heteroatoms. The van der Waals surface area contributed by atoms with Crippen LogP contribution in [0, 0.1) is 0 Å². The summed E-state index contributed by atoms with van der Waals surface area (Å²) in [6.07, 6.45) is 2.59. The molecule has 0 N–H and O–H groups in total. The van der Waals surface area contributed by atoms with Crippen LogP contribution in [-0.2, 0) is 11.8 Å². The van der Waals surface area contributed by atoms with Crippen LogP contribution in [0.15, 0.2) is 34.9 Å². The average Bonchev–Trinajstić information content (AvgIpc) is 2.41. The average molecular weight is 369 g/mol. The zero-order chi connectivity index (χ0) is 15.6. The largest absolute Gasteiger partial charge is 0.438 e. The van der Waals surface area contributed by atoms with E-state index < -0.39 is 0 Å². The van der Waals surface area contributed by atoms with Gasteiger partial charge in [0.05, 0.1) is 9.50 Å². The monoisotopic (exact) mass is 367 g/mol. The molecule has 0 aliphatic heterocycles. The number of aryl methyl sites for hydroxylation is 1. The first-order chi connectivity index (χ1) is 9.81. The lowest BCUT2D eigenvalue weighted by molar-refractivity contribution is 0.437. The van der Waals surface area contributed by atoms with Gasteiger partial charge in [-0.3, -0.25) is 0 Å². The SMILES string of the molecule is CCc1ccc(Oc2ncc(Cl)cc2Br)c(C(C)(C)C)c1. The normalized spacial score (nSPS) is 11.5. The molecular weight excluding hydrogens is 350 g/mol. The van der Waals surface area contributed by atoms with Gasteiger partial charge in [-0.15, -0.1) is 0 Å². The highest BCUT2D eigenvalue weighted by atomic mass is 79.9. The summed E-state index contributed by atoms with van der Waals surface area (Å²) in [6, 6.07) is 8.09. The zero-order valence-electron chi connectivity index (χ0n) is 12.7. The fraction of sp³-hybridized carbons (Fsp3) is 0.353. The molecule has 0 bridgehead atoms. The molecule has 0 fully saturated rings. The second kappa shape index (κ2) is 6.37. The molecule has 0 amide bonds. The van der Waals surface area contributed by atoms with Crippen LogP contribution in [0.4, 0.5) is 0 Å². The third-order valence-corrected chi connectivity index (χ3v) is 4.02. The van der Waals surface area contributed by atoms with Gasteiger partial charge in [0.15, 0.2) is 0 Å². The van der Waals surface area contributed by atoms with E-state index in [1.807, 2.05) is 6.07 Å². The predicted molar refractivity (Wildman–Crippen MR) is 91.5 cm³/mol. The van der Waals surface area contributed by atoms with Gasteiger partial charge in [-0.1, -0.05) is 51.4 Å². The molecule has 1 heterocycles. The Bertz CT molecular complexity index is 650. The molecule has 112 valence electrons. The van der Waals surface area contributed by atoms with Gasteiger partial charge in [-0.2, -0.15) is 0 Å². The summed E-state index contributed by atoms with van der Waals surface area (Å²) in [5.74, 6) is 1.35. The van der Waals surface area contributed by atoms with Gasteiger partial charge in [0.25, 0.3) is 0 Å². The van der Waals surface area contributed by atoms with E-state index in [0.29, 0.717) is 10.9 Å². The highest BCUT2D eigenvalue weighted by molar-refractivity contribution is 9.10. The van der Waals surface area contributed by atoms with Crippen LogP contribution < -0.4 is 4.74 Å². The summed E-state index contributed by atoms with van der Waals surface area (Å²) in [4.78, 5) is 4.24. The molecule has 0 saturated carbocycles. The first-order valence-electron chi connectivity index (χ1n) is 6.93. The van der Waals surface area contributed by atoms with E-state index in [9.17, 15) is 0 Å². The number of hydrogen-bond donors (Lipinski definition) is 0. The number of aromatic nitrogens is 1. The van der Waals surface area contributed by atoms with Crippen LogP contribution in [0.2, 0.25) is 5.02 Å². The second-order valence-electron chi connectivity index (χ2n) is 5.98. The quantitative estimate of drug-likeness (QED) is 0.648. The smallest absolute Gasteiger partial charge is 0.233 e. The fourth-order valence-electron chi connectivity index (χ4n) is 2.05. The number of rotatable bonds is 3. The van der Waals surface area contributed by atoms with E-state index in [0.717, 1.165) is 16.6 Å². The molecule has 1 aromatic heterocycles. The predicted octanol–water partition coefficient (Wildman–Crippen LogP) is 6.15. The van der Waals surface area contributed by atoms with E-state index in [4.69, 9.17) is 16.3 Å². The lowest BCUT2D eigenvalue weighted by atomic mass is 9.85. The molecule has 0 atom stereocenters. The third kappa shape index (κ3) is 3.98. The van der Waals surface area contributed by atoms with Crippen LogP contribution in [-0.4, -0.2) is 4.98 Å². The van der Waals surface area contributed by atoms with Crippen molar-refractivity contribution in [1.82, 2.24) is 4.98 Å². The van der Waals surface area contributed by atoms with Crippen LogP contribution in [0.25, 0.3) is 0 Å². The van der Waals surface area contributed by atoms with Crippen molar-refractivity contribution in [2.24, 2.45) is 0 Å². The van der Waals surface area contributed by atoms with Crippen molar-refractivity contribution in [3.8, 4) is 11.6 Å². The van der Waals surface area contributed by atoms with Crippen molar-refractivity contribution in [2.75, 3.05) is 0 Å². The van der Waals surface area contributed by atoms with Crippen LogP contribution >= 0.6 is 27.5 Å². The molecule has 2 nitrogen and oxygen atoms in total. The molecule has 2 rings (SSSR count). The van der Waals surface area contributed by atoms with E-state index in [1.165, 1.54) is 11.1 Å². The van der Waals surface area contributed by atoms with E-state index >= 15 is 0 Å². The molecule has 21 heavy (non-hydrogen) atoms. The number of halogens is 2. The fourth-order valence-corrected chi connectivity index (χ4v) is 2.77. The molecule has 0 saturated heterocycles. The van der Waals surface area contributed by atoms with Crippen molar-refractivity contribution in [3.63, 3.8) is 0 Å². The summed E-state index contributed by atoms with van der Waals surface area (Å²) in [6.45, 7) is 8.69. The van der Waals surface area contributed by atoms with Gasteiger partial charge in [-0.05, 0) is 45.5 Å². The van der Waals surface area contributed by atoms with Crippen LogP contribution in [0.3, 0.4) is 0 Å². The molecule has 0 spiro atoms. The Morgan fingerprint density at radius 1 is 1.24 bits per heavy atom. The maximum absolute atomic E-state index is 6.00. The summed E-state index contributed by atoms with van der Waals surface area (Å²) in [7, 11) is 0. The highest BCUT2D eigenvalue weighted by Gasteiger charge is 2.20. The third-order valence-electron chi connectivity index (χ3n) is 3.24. The van der Waals surface area contributed by atoms with Gasteiger partial charge in [-0.25, -0.2) is 4.98 Å². The van der Waals surface area contributed by atoms with Crippen LogP contribution in [0.1, 0.15) is 38.8 Å². The maximum Gasteiger partial charge on any atom is 0.233 e. The first kappa shape index (κ1) is 16.3. The highest BCUT2D eigenvalue weighted by Crippen LogP contribution is 2.37. The van der Waals surface area contributed by atoms with Gasteiger partial charge in [0.1, 0.15) is 5.75 Å². The zero-order valence-corrected chi connectivity index (χ0v) is 15.0. The Hall–Kier alpha value is -1.06. The number of ether oxygens (including phenoxy) is 1. The van der Waals surface area contributed by atoms with E-state index in [2.05, 4.69) is 60.7 Å². The van der Waals surface area contributed by atoms with Gasteiger partial charge < -0.3 is 4.74 Å². The lowest BCUT2D eigenvalue weighted by Crippen LogP contribution is -2.13. The molecule has 2 aromatic rings. The van der Waals surface area contributed by atoms with Crippen molar-refractivity contribution >= 4 is 27.5 Å². The van der Waals surface area contributed by atoms with Crippen LogP contribution in [0.5, 0.6) is 11.6 Å². The van der Waals surface area contributed by atoms with Crippen molar-refractivity contribution in [1.29, 1.82) is 0 Å². The first-order valence-corrected chi connectivity index (χ1v) is 8.10. The molecular formula is C17H19BrClNO. The second-order valence-corrected chi connectivity index (χ2v) is 7.27. The molecule has 0 unspecified atom stereocenters. The standard InChI is InChI=1S/C17H19BrClNO/c1-5-11-6-7-15(13(8-11)17(2,3)4)21-16-14(18)9-12(19)10-20-16/h6-10H,5H2,1-4H3. The molecule has 0 radical (unpaired) electrons. The molecule has 0 aliphatic carbocycles. The summed E-state index contributed by atoms with van der Waals surface area (Å²) in [5.41, 5.74) is 2.47. The molecule has 0 aliphatic rings. The van der Waals surface area contributed by atoms with Crippen molar-refractivity contribution in [3.05, 3.63) is 51.1 Å². The van der Waals surface area contributed by atoms with Gasteiger partial charge >= 0.3 is 0 Å². The van der Waals surface area contributed by atoms with Crippen molar-refractivity contribution in [2.45, 2.75) is 39.5 Å². The number of hydrogen-bond acceptors (Lipinski definition) is 2. The minimum Gasteiger partial charge on any atom is -0.438 e. The van der Waals surface area contributed by atoms with Gasteiger partial charge in [0.2, 0.25) is 5.88 Å². The van der Waals surface area contributed by atoms with E-state index in [1.54, 1.807) is 12.3 Å². The summed E-state index contributed by atoms with van der Waals surface area (Å²) < 4.78 is 6.75. The Balaban J connectivity index is 2.44. The van der Waals surface area contributed by atoms with Crippen molar-refractivity contribution < 1.29 is 4.74 Å². The summed E-state index contributed by atoms with van der Waals surface area (Å²) in [5, 5.41) is 0.576. The van der Waals surface area contributed by atoms with Gasteiger partial charge in [0, 0.05) is 11.8 Å². The molecule has 1 aromatic carbocycles. The minimum absolute atomic E-state index is 0.000580. The Kier molecular flexibility index (Phi) is 4.95. The number of nitrogens with zero attached hydrogens (tertiary/aromatic N) is 1.